The van der Waals surface area contributed by atoms with Gasteiger partial charge in [-0.05, 0) is 37.8 Å². The Balaban J connectivity index is 2.13. The molecule has 0 saturated carbocycles. The molecule has 0 spiro atoms. The number of nitrogens with zero attached hydrogens (tertiary/aromatic N) is 3. The number of anilines is 1. The third kappa shape index (κ3) is 3.20. The summed E-state index contributed by atoms with van der Waals surface area (Å²) in [5.74, 6) is 0.274. The monoisotopic (exact) mass is 265 g/mol. The summed E-state index contributed by atoms with van der Waals surface area (Å²) < 4.78 is 4.59. The highest BCUT2D eigenvalue weighted by molar-refractivity contribution is 5.86. The molecular formula is C13H19N3O3. The van der Waals surface area contributed by atoms with E-state index in [1.807, 2.05) is 0 Å². The fourth-order valence-corrected chi connectivity index (χ4v) is 2.44. The van der Waals surface area contributed by atoms with Crippen LogP contribution >= 0.6 is 0 Å². The van der Waals surface area contributed by atoms with Crippen molar-refractivity contribution in [2.45, 2.75) is 31.7 Å². The fourth-order valence-electron chi connectivity index (χ4n) is 2.44. The van der Waals surface area contributed by atoms with Crippen LogP contribution in [0.5, 0.6) is 0 Å². The summed E-state index contributed by atoms with van der Waals surface area (Å²) in [5.41, 5.74) is 0.210. The van der Waals surface area contributed by atoms with Crippen molar-refractivity contribution < 1.29 is 14.6 Å². The summed E-state index contributed by atoms with van der Waals surface area (Å²) in [6, 6.07) is 3.71. The average molecular weight is 265 g/mol. The van der Waals surface area contributed by atoms with Gasteiger partial charge in [0.1, 0.15) is 0 Å². The van der Waals surface area contributed by atoms with Gasteiger partial charge in [0.15, 0.2) is 11.5 Å². The maximum atomic E-state index is 11.3. The van der Waals surface area contributed by atoms with Gasteiger partial charge in [-0.1, -0.05) is 0 Å². The van der Waals surface area contributed by atoms with E-state index in [0.717, 1.165) is 31.6 Å². The lowest BCUT2D eigenvalue weighted by molar-refractivity contribution is 0.0592. The van der Waals surface area contributed by atoms with E-state index in [4.69, 9.17) is 5.11 Å². The van der Waals surface area contributed by atoms with Crippen LogP contribution in [0.4, 0.5) is 5.82 Å². The van der Waals surface area contributed by atoms with Crippen LogP contribution in [0.25, 0.3) is 0 Å². The van der Waals surface area contributed by atoms with Gasteiger partial charge in [0.2, 0.25) is 0 Å². The van der Waals surface area contributed by atoms with Crippen molar-refractivity contribution in [1.82, 2.24) is 10.2 Å². The Labute approximate surface area is 112 Å². The number of aliphatic hydroxyl groups is 1. The molecule has 1 N–H and O–H groups in total. The Bertz CT molecular complexity index is 420. The lowest BCUT2D eigenvalue weighted by atomic mass is 10.00. The number of hydrogen-bond donors (Lipinski definition) is 1. The zero-order valence-electron chi connectivity index (χ0n) is 11.1. The SMILES string of the molecule is COC(=O)c1ccc(N2CCCCC2CCO)nn1. The molecular weight excluding hydrogens is 246 g/mol. The highest BCUT2D eigenvalue weighted by atomic mass is 16.5. The Hall–Kier alpha value is -1.69. The topological polar surface area (TPSA) is 75.5 Å². The molecule has 19 heavy (non-hydrogen) atoms. The minimum atomic E-state index is -0.482. The van der Waals surface area contributed by atoms with Crippen molar-refractivity contribution in [3.05, 3.63) is 17.8 Å². The number of carbonyl (C=O) groups excluding carboxylic acids is 1. The summed E-state index contributed by atoms with van der Waals surface area (Å²) >= 11 is 0. The number of carbonyl (C=O) groups is 1. The van der Waals surface area contributed by atoms with Crippen LogP contribution in [-0.2, 0) is 4.74 Å². The molecule has 1 saturated heterocycles. The van der Waals surface area contributed by atoms with Crippen molar-refractivity contribution in [1.29, 1.82) is 0 Å². The van der Waals surface area contributed by atoms with E-state index in [1.54, 1.807) is 12.1 Å². The summed E-state index contributed by atoms with van der Waals surface area (Å²) in [6.45, 7) is 1.09. The number of esters is 1. The number of aromatic nitrogens is 2. The first-order valence-electron chi connectivity index (χ1n) is 6.56. The molecule has 1 aliphatic rings. The average Bonchev–Trinajstić information content (AvgIpc) is 2.47. The lowest BCUT2D eigenvalue weighted by Gasteiger charge is -2.36. The quantitative estimate of drug-likeness (QED) is 0.819. The van der Waals surface area contributed by atoms with Crippen LogP contribution in [0, 0.1) is 0 Å². The van der Waals surface area contributed by atoms with Gasteiger partial charge in [-0.2, -0.15) is 0 Å². The first kappa shape index (κ1) is 13.7. The van der Waals surface area contributed by atoms with E-state index in [-0.39, 0.29) is 12.3 Å². The van der Waals surface area contributed by atoms with Crippen molar-refractivity contribution in [3.63, 3.8) is 0 Å². The van der Waals surface area contributed by atoms with Gasteiger partial charge in [-0.3, -0.25) is 0 Å². The number of hydrogen-bond acceptors (Lipinski definition) is 6. The van der Waals surface area contributed by atoms with E-state index < -0.39 is 5.97 Å². The molecule has 1 fully saturated rings. The maximum Gasteiger partial charge on any atom is 0.358 e. The number of ether oxygens (including phenoxy) is 1. The van der Waals surface area contributed by atoms with E-state index >= 15 is 0 Å². The molecule has 1 aromatic rings. The first-order valence-corrected chi connectivity index (χ1v) is 6.56. The second kappa shape index (κ2) is 6.47. The van der Waals surface area contributed by atoms with Crippen LogP contribution in [0.3, 0.4) is 0 Å². The van der Waals surface area contributed by atoms with E-state index in [2.05, 4.69) is 19.8 Å². The van der Waals surface area contributed by atoms with Crippen LogP contribution in [-0.4, -0.2) is 47.6 Å². The lowest BCUT2D eigenvalue weighted by Crippen LogP contribution is -2.40. The van der Waals surface area contributed by atoms with Gasteiger partial charge in [0, 0.05) is 19.2 Å². The normalized spacial score (nSPS) is 19.3. The molecule has 1 aromatic heterocycles. The van der Waals surface area contributed by atoms with Gasteiger partial charge < -0.3 is 14.7 Å². The number of piperidine rings is 1. The zero-order valence-corrected chi connectivity index (χ0v) is 11.1. The van der Waals surface area contributed by atoms with E-state index in [0.29, 0.717) is 6.04 Å². The molecule has 1 atom stereocenters. The largest absolute Gasteiger partial charge is 0.464 e. The number of rotatable bonds is 4. The van der Waals surface area contributed by atoms with Gasteiger partial charge in [0.05, 0.1) is 7.11 Å². The Morgan fingerprint density at radius 3 is 2.95 bits per heavy atom. The van der Waals surface area contributed by atoms with Crippen molar-refractivity contribution in [2.75, 3.05) is 25.2 Å². The minimum absolute atomic E-state index is 0.175. The first-order chi connectivity index (χ1) is 9.26. The second-order valence-electron chi connectivity index (χ2n) is 4.62. The Morgan fingerprint density at radius 2 is 2.32 bits per heavy atom. The van der Waals surface area contributed by atoms with Crippen molar-refractivity contribution >= 4 is 11.8 Å². The molecule has 0 amide bonds. The molecule has 6 heteroatoms. The third-order valence-electron chi connectivity index (χ3n) is 3.43. The third-order valence-corrected chi connectivity index (χ3v) is 3.43. The van der Waals surface area contributed by atoms with Gasteiger partial charge in [-0.15, -0.1) is 10.2 Å². The predicted molar refractivity (Wildman–Crippen MR) is 70.1 cm³/mol. The molecule has 6 nitrogen and oxygen atoms in total. The van der Waals surface area contributed by atoms with Crippen LogP contribution in [0.2, 0.25) is 0 Å². The Morgan fingerprint density at radius 1 is 1.47 bits per heavy atom. The molecule has 1 aliphatic heterocycles. The fraction of sp³-hybridized carbons (Fsp3) is 0.615. The summed E-state index contributed by atoms with van der Waals surface area (Å²) in [7, 11) is 1.32. The minimum Gasteiger partial charge on any atom is -0.464 e. The van der Waals surface area contributed by atoms with Crippen molar-refractivity contribution in [3.8, 4) is 0 Å². The Kier molecular flexibility index (Phi) is 4.68. The smallest absolute Gasteiger partial charge is 0.358 e. The van der Waals surface area contributed by atoms with Crippen LogP contribution in [0.1, 0.15) is 36.2 Å². The van der Waals surface area contributed by atoms with Gasteiger partial charge in [-0.25, -0.2) is 4.79 Å². The molecule has 0 bridgehead atoms. The van der Waals surface area contributed by atoms with Crippen LogP contribution < -0.4 is 4.90 Å². The standard InChI is InChI=1S/C13H19N3O3/c1-19-13(18)11-5-6-12(15-14-11)16-8-3-2-4-10(16)7-9-17/h5-6,10,17H,2-4,7-9H2,1H3. The summed E-state index contributed by atoms with van der Waals surface area (Å²) in [4.78, 5) is 13.5. The number of aliphatic hydroxyl groups excluding tert-OH is 1. The molecule has 1 unspecified atom stereocenters. The molecule has 0 aromatic carbocycles. The van der Waals surface area contributed by atoms with E-state index in [9.17, 15) is 4.79 Å². The maximum absolute atomic E-state index is 11.3. The molecule has 2 heterocycles. The summed E-state index contributed by atoms with van der Waals surface area (Å²) in [5, 5.41) is 17.1. The number of methoxy groups -OCH3 is 1. The zero-order chi connectivity index (χ0) is 13.7. The van der Waals surface area contributed by atoms with Gasteiger partial charge >= 0.3 is 5.97 Å². The van der Waals surface area contributed by atoms with E-state index in [1.165, 1.54) is 13.5 Å². The highest BCUT2D eigenvalue weighted by Gasteiger charge is 2.23. The van der Waals surface area contributed by atoms with Crippen molar-refractivity contribution in [2.24, 2.45) is 0 Å². The summed E-state index contributed by atoms with van der Waals surface area (Å²) in [6.07, 6.45) is 4.08. The molecule has 2 rings (SSSR count). The van der Waals surface area contributed by atoms with Crippen LogP contribution in [0.15, 0.2) is 12.1 Å². The highest BCUT2D eigenvalue weighted by Crippen LogP contribution is 2.24. The molecule has 0 aliphatic carbocycles. The predicted octanol–water partition coefficient (Wildman–Crippen LogP) is 1.00. The van der Waals surface area contributed by atoms with Gasteiger partial charge in [0.25, 0.3) is 0 Å². The second-order valence-corrected chi connectivity index (χ2v) is 4.62. The molecule has 0 radical (unpaired) electrons. The molecule has 104 valence electrons.